The maximum atomic E-state index is 6.10. The van der Waals surface area contributed by atoms with Crippen molar-refractivity contribution in [1.29, 1.82) is 0 Å². The van der Waals surface area contributed by atoms with Crippen LogP contribution in [0.15, 0.2) is 54.6 Å². The molecule has 0 saturated carbocycles. The molecule has 0 aromatic heterocycles. The fourth-order valence-electron chi connectivity index (χ4n) is 2.19. The Morgan fingerprint density at radius 3 is 2.27 bits per heavy atom. The zero-order valence-electron chi connectivity index (χ0n) is 13.2. The fraction of sp³-hybridized carbons (Fsp3) is 0.158. The highest BCUT2D eigenvalue weighted by Gasteiger charge is 2.09. The van der Waals surface area contributed by atoms with Crippen LogP contribution in [-0.4, -0.2) is 14.2 Å². The highest BCUT2D eigenvalue weighted by molar-refractivity contribution is 5.78. The van der Waals surface area contributed by atoms with Gasteiger partial charge in [0.25, 0.3) is 0 Å². The van der Waals surface area contributed by atoms with Gasteiger partial charge in [-0.3, -0.25) is 0 Å². The van der Waals surface area contributed by atoms with Gasteiger partial charge in [0, 0.05) is 17.3 Å². The molecule has 0 amide bonds. The van der Waals surface area contributed by atoms with Gasteiger partial charge < -0.3 is 15.2 Å². The van der Waals surface area contributed by atoms with E-state index >= 15 is 0 Å². The summed E-state index contributed by atoms with van der Waals surface area (Å²) in [6.07, 6.45) is 6.10. The quantitative estimate of drug-likeness (QED) is 0.656. The van der Waals surface area contributed by atoms with Crippen LogP contribution >= 0.6 is 0 Å². The summed E-state index contributed by atoms with van der Waals surface area (Å²) in [6, 6.07) is 13.8. The van der Waals surface area contributed by atoms with Crippen LogP contribution < -0.4 is 15.2 Å². The fourth-order valence-corrected chi connectivity index (χ4v) is 2.19. The molecular weight excluding hydrogens is 274 g/mol. The van der Waals surface area contributed by atoms with Gasteiger partial charge in [0.15, 0.2) is 11.5 Å². The van der Waals surface area contributed by atoms with Crippen molar-refractivity contribution >= 4 is 17.3 Å². The van der Waals surface area contributed by atoms with E-state index in [4.69, 9.17) is 15.2 Å². The minimum absolute atomic E-state index is 0.636. The number of hydrogen-bond acceptors (Lipinski definition) is 3. The van der Waals surface area contributed by atoms with Crippen LogP contribution in [0.25, 0.3) is 11.6 Å². The lowest BCUT2D eigenvalue weighted by atomic mass is 10.0. The summed E-state index contributed by atoms with van der Waals surface area (Å²) in [5.41, 5.74) is 9.93. The highest BCUT2D eigenvalue weighted by Crippen LogP contribution is 2.34. The molecule has 22 heavy (non-hydrogen) atoms. The number of ether oxygens (including phenoxy) is 2. The van der Waals surface area contributed by atoms with E-state index in [2.05, 4.69) is 18.2 Å². The summed E-state index contributed by atoms with van der Waals surface area (Å²) >= 11 is 0. The van der Waals surface area contributed by atoms with Crippen LogP contribution in [0.1, 0.15) is 18.1 Å². The second kappa shape index (κ2) is 7.36. The third-order valence-electron chi connectivity index (χ3n) is 3.42. The van der Waals surface area contributed by atoms with E-state index in [-0.39, 0.29) is 0 Å². The largest absolute Gasteiger partial charge is 0.493 e. The minimum Gasteiger partial charge on any atom is -0.493 e. The molecule has 0 aliphatic heterocycles. The van der Waals surface area contributed by atoms with E-state index in [9.17, 15) is 0 Å². The molecule has 0 saturated heterocycles. The summed E-state index contributed by atoms with van der Waals surface area (Å²) in [5, 5.41) is 0. The lowest BCUT2D eigenvalue weighted by Crippen LogP contribution is -1.97. The normalized spacial score (nSPS) is 11.7. The smallest absolute Gasteiger partial charge is 0.162 e. The van der Waals surface area contributed by atoms with Gasteiger partial charge in [-0.25, -0.2) is 0 Å². The van der Waals surface area contributed by atoms with Crippen LogP contribution in [0.3, 0.4) is 0 Å². The average Bonchev–Trinajstić information content (AvgIpc) is 2.55. The first kappa shape index (κ1) is 15.7. The van der Waals surface area contributed by atoms with Gasteiger partial charge in [-0.1, -0.05) is 48.6 Å². The molecule has 0 atom stereocenters. The molecule has 0 radical (unpaired) electrons. The average molecular weight is 295 g/mol. The maximum absolute atomic E-state index is 6.10. The molecule has 0 aliphatic carbocycles. The van der Waals surface area contributed by atoms with E-state index in [0.29, 0.717) is 17.2 Å². The van der Waals surface area contributed by atoms with Crippen molar-refractivity contribution in [2.45, 2.75) is 6.92 Å². The van der Waals surface area contributed by atoms with Crippen LogP contribution in [0, 0.1) is 0 Å². The Bertz CT molecular complexity index is 688. The molecule has 0 fully saturated rings. The highest BCUT2D eigenvalue weighted by atomic mass is 16.5. The summed E-state index contributed by atoms with van der Waals surface area (Å²) in [7, 11) is 3.22. The van der Waals surface area contributed by atoms with Crippen molar-refractivity contribution in [3.05, 3.63) is 65.7 Å². The second-order valence-corrected chi connectivity index (χ2v) is 4.91. The number of benzene rings is 2. The predicted molar refractivity (Wildman–Crippen MR) is 93.1 cm³/mol. The number of allylic oxidation sites excluding steroid dienone is 3. The zero-order valence-corrected chi connectivity index (χ0v) is 13.2. The maximum Gasteiger partial charge on any atom is 0.162 e. The molecule has 0 bridgehead atoms. The lowest BCUT2D eigenvalue weighted by molar-refractivity contribution is 0.355. The third kappa shape index (κ3) is 3.70. The first-order valence-corrected chi connectivity index (χ1v) is 7.07. The van der Waals surface area contributed by atoms with Crippen molar-refractivity contribution in [3.8, 4) is 11.5 Å². The molecule has 2 aromatic rings. The van der Waals surface area contributed by atoms with Gasteiger partial charge in [-0.05, 0) is 24.1 Å². The van der Waals surface area contributed by atoms with Crippen LogP contribution in [0.2, 0.25) is 0 Å². The first-order valence-electron chi connectivity index (χ1n) is 7.07. The van der Waals surface area contributed by atoms with Gasteiger partial charge in [-0.15, -0.1) is 0 Å². The molecule has 2 aromatic carbocycles. The SMILES string of the molecule is COc1cc(N)c(/C(C)=C\C=C\c2ccccc2)cc1OC. The van der Waals surface area contributed by atoms with Crippen molar-refractivity contribution in [2.75, 3.05) is 20.0 Å². The lowest BCUT2D eigenvalue weighted by Gasteiger charge is -2.12. The summed E-state index contributed by atoms with van der Waals surface area (Å²) in [4.78, 5) is 0. The minimum atomic E-state index is 0.636. The van der Waals surface area contributed by atoms with Crippen molar-refractivity contribution < 1.29 is 9.47 Å². The molecule has 3 nitrogen and oxygen atoms in total. The van der Waals surface area contributed by atoms with Gasteiger partial charge >= 0.3 is 0 Å². The topological polar surface area (TPSA) is 44.5 Å². The molecule has 3 heteroatoms. The summed E-state index contributed by atoms with van der Waals surface area (Å²) < 4.78 is 10.6. The van der Waals surface area contributed by atoms with Gasteiger partial charge in [0.1, 0.15) is 0 Å². The predicted octanol–water partition coefficient (Wildman–Crippen LogP) is 4.40. The first-order chi connectivity index (χ1) is 10.7. The number of hydrogen-bond donors (Lipinski definition) is 1. The Balaban J connectivity index is 2.27. The number of anilines is 1. The summed E-state index contributed by atoms with van der Waals surface area (Å²) in [5.74, 6) is 1.31. The number of nitrogens with two attached hydrogens (primary N) is 1. The molecule has 0 spiro atoms. The monoisotopic (exact) mass is 295 g/mol. The molecule has 0 unspecified atom stereocenters. The van der Waals surface area contributed by atoms with Crippen molar-refractivity contribution in [1.82, 2.24) is 0 Å². The Hall–Kier alpha value is -2.68. The van der Waals surface area contributed by atoms with Gasteiger partial charge in [-0.2, -0.15) is 0 Å². The third-order valence-corrected chi connectivity index (χ3v) is 3.42. The van der Waals surface area contributed by atoms with Crippen molar-refractivity contribution in [3.63, 3.8) is 0 Å². The number of nitrogen functional groups attached to an aromatic ring is 1. The van der Waals surface area contributed by atoms with Gasteiger partial charge in [0.05, 0.1) is 14.2 Å². The molecule has 2 rings (SSSR count). The zero-order chi connectivity index (χ0) is 15.9. The number of rotatable bonds is 5. The van der Waals surface area contributed by atoms with E-state index in [1.54, 1.807) is 20.3 Å². The standard InChI is InChI=1S/C19H21NO2/c1-14(8-7-11-15-9-5-4-6-10-15)16-12-18(21-2)19(22-3)13-17(16)20/h4-13H,20H2,1-3H3/b11-7+,14-8-. The van der Waals surface area contributed by atoms with E-state index in [1.165, 1.54) is 0 Å². The van der Waals surface area contributed by atoms with Crippen LogP contribution in [0.4, 0.5) is 5.69 Å². The second-order valence-electron chi connectivity index (χ2n) is 4.91. The molecule has 0 aliphatic rings. The Morgan fingerprint density at radius 1 is 1.00 bits per heavy atom. The van der Waals surface area contributed by atoms with Gasteiger partial charge in [0.2, 0.25) is 0 Å². The molecular formula is C19H21NO2. The molecule has 2 N–H and O–H groups in total. The van der Waals surface area contributed by atoms with Crippen LogP contribution in [0.5, 0.6) is 11.5 Å². The Kier molecular flexibility index (Phi) is 5.26. The van der Waals surface area contributed by atoms with E-state index in [0.717, 1.165) is 16.7 Å². The summed E-state index contributed by atoms with van der Waals surface area (Å²) in [6.45, 7) is 2.02. The molecule has 114 valence electrons. The van der Waals surface area contributed by atoms with Crippen molar-refractivity contribution in [2.24, 2.45) is 0 Å². The molecule has 0 heterocycles. The number of methoxy groups -OCH3 is 2. The van der Waals surface area contributed by atoms with E-state index < -0.39 is 0 Å². The Morgan fingerprint density at radius 2 is 1.64 bits per heavy atom. The van der Waals surface area contributed by atoms with Crippen LogP contribution in [-0.2, 0) is 0 Å². The Labute approximate surface area is 131 Å². The van der Waals surface area contributed by atoms with E-state index in [1.807, 2.05) is 43.3 Å².